The molecule has 1 N–H and O–H groups in total. The van der Waals surface area contributed by atoms with E-state index in [0.29, 0.717) is 88.5 Å². The summed E-state index contributed by atoms with van der Waals surface area (Å²) >= 11 is 5.49. The van der Waals surface area contributed by atoms with E-state index in [1.807, 2.05) is 54.3 Å². The summed E-state index contributed by atoms with van der Waals surface area (Å²) in [5, 5.41) is 3.28. The fraction of sp³-hybridized carbons (Fsp3) is 0.206. The summed E-state index contributed by atoms with van der Waals surface area (Å²) in [6.07, 6.45) is 4.75. The number of fused-ring (bicyclic) bond motifs is 1. The molecular formula is C34H30N6O4S. The zero-order valence-electron chi connectivity index (χ0n) is 24.6. The Bertz CT molecular complexity index is 1830. The van der Waals surface area contributed by atoms with Crippen LogP contribution in [0.15, 0.2) is 91.3 Å². The Hall–Kier alpha value is -5.29. The lowest BCUT2D eigenvalue weighted by molar-refractivity contribution is -0.149. The van der Waals surface area contributed by atoms with Crippen molar-refractivity contribution in [2.24, 2.45) is 5.92 Å². The molecule has 1 fully saturated rings. The van der Waals surface area contributed by atoms with Gasteiger partial charge in [0.2, 0.25) is 0 Å². The molecule has 4 heterocycles. The molecule has 3 aromatic heterocycles. The second-order valence-electron chi connectivity index (χ2n) is 10.4. The molecule has 10 nitrogen and oxygen atoms in total. The number of carbonyl (C=O) groups excluding carboxylic acids is 2. The van der Waals surface area contributed by atoms with Crippen LogP contribution in [-0.2, 0) is 9.53 Å². The summed E-state index contributed by atoms with van der Waals surface area (Å²) in [7, 11) is 0. The SMILES string of the molecule is CCOC(=O)C1CCN(C(=S)Oc2ccc(C(=O)Nc3ccc4nc(-c5ccccn5)c(-c5ccccn5)nc4c3)cc2)CC1. The van der Waals surface area contributed by atoms with Gasteiger partial charge in [0.1, 0.15) is 17.1 Å². The van der Waals surface area contributed by atoms with Gasteiger partial charge < -0.3 is 19.7 Å². The van der Waals surface area contributed by atoms with E-state index in [1.54, 1.807) is 48.8 Å². The molecule has 11 heteroatoms. The molecule has 0 bridgehead atoms. The maximum absolute atomic E-state index is 13.1. The van der Waals surface area contributed by atoms with E-state index in [9.17, 15) is 9.59 Å². The largest absolute Gasteiger partial charge is 0.466 e. The first kappa shape index (κ1) is 29.8. The van der Waals surface area contributed by atoms with Crippen molar-refractivity contribution in [2.45, 2.75) is 19.8 Å². The number of carbonyl (C=O) groups is 2. The molecule has 0 atom stereocenters. The quantitative estimate of drug-likeness (QED) is 0.173. The molecule has 0 unspecified atom stereocenters. The number of esters is 1. The van der Waals surface area contributed by atoms with Crippen LogP contribution >= 0.6 is 12.2 Å². The molecule has 1 amide bonds. The molecule has 1 aliphatic heterocycles. The predicted molar refractivity (Wildman–Crippen MR) is 175 cm³/mol. The molecule has 6 rings (SSSR count). The number of hydrogen-bond donors (Lipinski definition) is 1. The van der Waals surface area contributed by atoms with Crippen LogP contribution in [0.4, 0.5) is 5.69 Å². The molecule has 0 radical (unpaired) electrons. The summed E-state index contributed by atoms with van der Waals surface area (Å²) in [5.41, 5.74) is 4.89. The molecule has 45 heavy (non-hydrogen) atoms. The highest BCUT2D eigenvalue weighted by molar-refractivity contribution is 7.80. The van der Waals surface area contributed by atoms with E-state index in [0.717, 1.165) is 0 Å². The van der Waals surface area contributed by atoms with Crippen molar-refractivity contribution >= 4 is 46.0 Å². The number of thiocarbonyl (C=S) groups is 1. The standard InChI is InChI=1S/C34H30N6O4S/c1-2-43-33(42)23-15-19-40(20-16-23)34(45)44-25-12-9-22(10-13-25)32(41)37-24-11-14-26-29(21-24)39-31(28-8-4-6-18-36-28)30(38-26)27-7-3-5-17-35-27/h3-14,17-18,21,23H,2,15-16,19-20H2,1H3,(H,37,41). The minimum absolute atomic E-state index is 0.108. The lowest BCUT2D eigenvalue weighted by atomic mass is 9.97. The number of hydrogen-bond acceptors (Lipinski definition) is 9. The average Bonchev–Trinajstić information content (AvgIpc) is 3.09. The third-order valence-corrected chi connectivity index (χ3v) is 7.77. The summed E-state index contributed by atoms with van der Waals surface area (Å²) in [5.74, 6) is -0.0229. The molecule has 2 aromatic carbocycles. The molecule has 226 valence electrons. The van der Waals surface area contributed by atoms with Gasteiger partial charge >= 0.3 is 5.97 Å². The van der Waals surface area contributed by atoms with Crippen LogP contribution in [0.3, 0.4) is 0 Å². The highest BCUT2D eigenvalue weighted by Crippen LogP contribution is 2.30. The summed E-state index contributed by atoms with van der Waals surface area (Å²) in [6, 6.07) is 23.4. The van der Waals surface area contributed by atoms with E-state index in [-0.39, 0.29) is 17.8 Å². The fourth-order valence-electron chi connectivity index (χ4n) is 5.10. The molecular weight excluding hydrogens is 588 g/mol. The van der Waals surface area contributed by atoms with Gasteiger partial charge in [0.15, 0.2) is 0 Å². The number of anilines is 1. The Morgan fingerprint density at radius 1 is 0.867 bits per heavy atom. The molecule has 0 saturated carbocycles. The molecule has 0 aliphatic carbocycles. The van der Waals surface area contributed by atoms with Gasteiger partial charge in [-0.2, -0.15) is 0 Å². The van der Waals surface area contributed by atoms with Crippen molar-refractivity contribution < 1.29 is 19.1 Å². The Balaban J connectivity index is 1.13. The number of nitrogens with one attached hydrogen (secondary N) is 1. The maximum Gasteiger partial charge on any atom is 0.309 e. The zero-order valence-corrected chi connectivity index (χ0v) is 25.4. The second kappa shape index (κ2) is 13.6. The third-order valence-electron chi connectivity index (χ3n) is 7.43. The molecule has 1 saturated heterocycles. The van der Waals surface area contributed by atoms with Crippen LogP contribution in [0.25, 0.3) is 33.8 Å². The van der Waals surface area contributed by atoms with Gasteiger partial charge in [0, 0.05) is 36.7 Å². The number of ether oxygens (including phenoxy) is 2. The van der Waals surface area contributed by atoms with Crippen LogP contribution < -0.4 is 10.1 Å². The topological polar surface area (TPSA) is 119 Å². The smallest absolute Gasteiger partial charge is 0.309 e. The Kier molecular flexibility index (Phi) is 8.97. The lowest BCUT2D eigenvalue weighted by Gasteiger charge is -2.31. The number of amides is 1. The summed E-state index contributed by atoms with van der Waals surface area (Å²) < 4.78 is 11.0. The van der Waals surface area contributed by atoms with E-state index < -0.39 is 0 Å². The first-order chi connectivity index (χ1) is 22.0. The molecule has 0 spiro atoms. The van der Waals surface area contributed by atoms with Gasteiger partial charge in [-0.05, 0) is 98.7 Å². The van der Waals surface area contributed by atoms with Crippen molar-refractivity contribution in [1.29, 1.82) is 0 Å². The summed E-state index contributed by atoms with van der Waals surface area (Å²) in [6.45, 7) is 3.43. The normalized spacial score (nSPS) is 13.3. The van der Waals surface area contributed by atoms with Gasteiger partial charge in [-0.3, -0.25) is 19.6 Å². The number of piperidine rings is 1. The molecule has 5 aromatic rings. The minimum Gasteiger partial charge on any atom is -0.466 e. The Morgan fingerprint density at radius 2 is 1.51 bits per heavy atom. The van der Waals surface area contributed by atoms with Crippen LogP contribution in [0.2, 0.25) is 0 Å². The van der Waals surface area contributed by atoms with E-state index in [4.69, 9.17) is 31.7 Å². The van der Waals surface area contributed by atoms with Gasteiger partial charge in [0.05, 0.1) is 34.9 Å². The van der Waals surface area contributed by atoms with Gasteiger partial charge in [-0.25, -0.2) is 9.97 Å². The molecule has 1 aliphatic rings. The summed E-state index contributed by atoms with van der Waals surface area (Å²) in [4.78, 5) is 45.8. The fourth-order valence-corrected chi connectivity index (χ4v) is 5.37. The highest BCUT2D eigenvalue weighted by atomic mass is 32.1. The van der Waals surface area contributed by atoms with Crippen molar-refractivity contribution in [3.8, 4) is 28.5 Å². The Labute approximate surface area is 265 Å². The van der Waals surface area contributed by atoms with Gasteiger partial charge in [-0.15, -0.1) is 0 Å². The van der Waals surface area contributed by atoms with Crippen molar-refractivity contribution in [2.75, 3.05) is 25.0 Å². The number of likely N-dealkylation sites (tertiary alicyclic amines) is 1. The lowest BCUT2D eigenvalue weighted by Crippen LogP contribution is -2.41. The maximum atomic E-state index is 13.1. The highest BCUT2D eigenvalue weighted by Gasteiger charge is 2.27. The number of benzene rings is 2. The predicted octanol–water partition coefficient (Wildman–Crippen LogP) is 5.94. The minimum atomic E-state index is -0.285. The van der Waals surface area contributed by atoms with Crippen molar-refractivity contribution in [1.82, 2.24) is 24.8 Å². The number of nitrogens with zero attached hydrogens (tertiary/aromatic N) is 5. The third kappa shape index (κ3) is 6.94. The van der Waals surface area contributed by atoms with Crippen molar-refractivity contribution in [3.63, 3.8) is 0 Å². The van der Waals surface area contributed by atoms with Gasteiger partial charge in [-0.1, -0.05) is 12.1 Å². The first-order valence-electron chi connectivity index (χ1n) is 14.7. The number of pyridine rings is 2. The average molecular weight is 619 g/mol. The van der Waals surface area contributed by atoms with Crippen LogP contribution in [0.5, 0.6) is 5.75 Å². The van der Waals surface area contributed by atoms with E-state index >= 15 is 0 Å². The second-order valence-corrected chi connectivity index (χ2v) is 10.8. The van der Waals surface area contributed by atoms with Crippen molar-refractivity contribution in [3.05, 3.63) is 96.8 Å². The number of aromatic nitrogens is 4. The zero-order chi connectivity index (χ0) is 31.2. The van der Waals surface area contributed by atoms with E-state index in [2.05, 4.69) is 15.3 Å². The van der Waals surface area contributed by atoms with Crippen LogP contribution in [0.1, 0.15) is 30.1 Å². The van der Waals surface area contributed by atoms with Crippen LogP contribution in [-0.4, -0.2) is 61.6 Å². The van der Waals surface area contributed by atoms with Gasteiger partial charge in [0.25, 0.3) is 11.1 Å². The van der Waals surface area contributed by atoms with Crippen LogP contribution in [0, 0.1) is 5.92 Å². The first-order valence-corrected chi connectivity index (χ1v) is 15.1. The van der Waals surface area contributed by atoms with E-state index in [1.165, 1.54) is 0 Å². The number of rotatable bonds is 7. The Morgan fingerprint density at radius 3 is 2.11 bits per heavy atom. The monoisotopic (exact) mass is 618 g/mol.